The molecule has 230 valence electrons. The number of para-hydroxylation sites is 2. The molecule has 7 aromatic rings. The lowest BCUT2D eigenvalue weighted by atomic mass is 9.83. The van der Waals surface area contributed by atoms with Crippen molar-refractivity contribution in [2.75, 3.05) is 0 Å². The number of furan rings is 1. The monoisotopic (exact) mass is 616 g/mol. The summed E-state index contributed by atoms with van der Waals surface area (Å²) in [4.78, 5) is 0. The van der Waals surface area contributed by atoms with E-state index in [0.29, 0.717) is 33.8 Å². The molecule has 0 bridgehead atoms. The van der Waals surface area contributed by atoms with E-state index in [2.05, 4.69) is 0 Å². The molecule has 0 unspecified atom stereocenters. The van der Waals surface area contributed by atoms with Gasteiger partial charge in [-0.05, 0) is 46.5 Å². The first-order valence-corrected chi connectivity index (χ1v) is 15.4. The second-order valence-corrected chi connectivity index (χ2v) is 11.1. The van der Waals surface area contributed by atoms with Crippen molar-refractivity contribution in [2.45, 2.75) is 11.2 Å². The first-order valence-electron chi connectivity index (χ1n) is 15.4. The fourth-order valence-corrected chi connectivity index (χ4v) is 5.85. The summed E-state index contributed by atoms with van der Waals surface area (Å²) in [6.45, 7) is 0. The van der Waals surface area contributed by atoms with E-state index in [1.165, 1.54) is 0 Å². The Morgan fingerprint density at radius 2 is 0.574 bits per heavy atom. The third kappa shape index (κ3) is 5.59. The average molecular weight is 617 g/mol. The van der Waals surface area contributed by atoms with Crippen molar-refractivity contribution in [2.24, 2.45) is 0 Å². The van der Waals surface area contributed by atoms with Gasteiger partial charge in [0.05, 0.1) is 0 Å². The molecule has 0 radical (unpaired) electrons. The summed E-state index contributed by atoms with van der Waals surface area (Å²) in [5, 5.41) is 26.2. The maximum Gasteiger partial charge on any atom is 0.215 e. The summed E-state index contributed by atoms with van der Waals surface area (Å²) < 4.78 is 20.2. The lowest BCUT2D eigenvalue weighted by Gasteiger charge is -2.29. The lowest BCUT2D eigenvalue weighted by Crippen LogP contribution is -2.30. The quantitative estimate of drug-likeness (QED) is 0.160. The van der Waals surface area contributed by atoms with Crippen molar-refractivity contribution in [1.82, 2.24) is 0 Å². The van der Waals surface area contributed by atoms with Crippen LogP contribution in [0.5, 0.6) is 23.0 Å². The standard InChI is InChI=1S/C42H32O5/c43-41(31-19-7-1-8-20-31,32-21-9-2-10-22-32)39-37(45-35-27-15-5-16-28-35)38(46-36-29-17-6-18-30-36)40(47-39)42(44,33-23-11-3-12-24-33)34-25-13-4-14-26-34/h1-30,43-44H. The summed E-state index contributed by atoms with van der Waals surface area (Å²) in [5.41, 5.74) is -1.57. The smallest absolute Gasteiger partial charge is 0.215 e. The van der Waals surface area contributed by atoms with Crippen LogP contribution in [0.3, 0.4) is 0 Å². The van der Waals surface area contributed by atoms with Gasteiger partial charge in [-0.1, -0.05) is 158 Å². The molecule has 7 rings (SSSR count). The Labute approximate surface area is 273 Å². The van der Waals surface area contributed by atoms with Crippen molar-refractivity contribution in [3.63, 3.8) is 0 Å². The van der Waals surface area contributed by atoms with Crippen LogP contribution in [0.4, 0.5) is 0 Å². The molecule has 2 N–H and O–H groups in total. The van der Waals surface area contributed by atoms with Gasteiger partial charge in [0.2, 0.25) is 11.5 Å². The Kier molecular flexibility index (Phi) is 8.15. The van der Waals surface area contributed by atoms with Gasteiger partial charge in [-0.15, -0.1) is 0 Å². The van der Waals surface area contributed by atoms with Crippen LogP contribution in [-0.4, -0.2) is 10.2 Å². The van der Waals surface area contributed by atoms with Crippen LogP contribution in [0.2, 0.25) is 0 Å². The number of hydrogen-bond acceptors (Lipinski definition) is 5. The molecule has 0 amide bonds. The number of aliphatic hydroxyl groups is 2. The Morgan fingerprint density at radius 1 is 0.340 bits per heavy atom. The second kappa shape index (κ2) is 12.9. The number of ether oxygens (including phenoxy) is 2. The molecule has 5 heteroatoms. The van der Waals surface area contributed by atoms with Crippen LogP contribution in [0.25, 0.3) is 0 Å². The molecule has 0 atom stereocenters. The van der Waals surface area contributed by atoms with E-state index in [1.54, 1.807) is 0 Å². The minimum absolute atomic E-state index is 0.0463. The molecular formula is C42H32O5. The summed E-state index contributed by atoms with van der Waals surface area (Å²) in [7, 11) is 0. The van der Waals surface area contributed by atoms with Gasteiger partial charge in [-0.25, -0.2) is 0 Å². The zero-order valence-corrected chi connectivity index (χ0v) is 25.4. The van der Waals surface area contributed by atoms with Crippen molar-refractivity contribution in [3.8, 4) is 23.0 Å². The minimum atomic E-state index is -1.87. The molecule has 0 aliphatic carbocycles. The molecule has 5 nitrogen and oxygen atoms in total. The summed E-state index contributed by atoms with van der Waals surface area (Å²) in [6, 6.07) is 55.5. The molecule has 6 aromatic carbocycles. The normalized spacial score (nSPS) is 11.6. The van der Waals surface area contributed by atoms with Crippen molar-refractivity contribution in [1.29, 1.82) is 0 Å². The summed E-state index contributed by atoms with van der Waals surface area (Å²) in [5.74, 6) is 1.32. The molecule has 0 aliphatic rings. The highest BCUT2D eigenvalue weighted by Gasteiger charge is 2.49. The Hall–Kier alpha value is -5.88. The average Bonchev–Trinajstić information content (AvgIpc) is 3.51. The predicted molar refractivity (Wildman–Crippen MR) is 182 cm³/mol. The van der Waals surface area contributed by atoms with Crippen LogP contribution in [-0.2, 0) is 11.2 Å². The molecule has 0 fully saturated rings. The molecule has 1 aromatic heterocycles. The fourth-order valence-electron chi connectivity index (χ4n) is 5.85. The van der Waals surface area contributed by atoms with Gasteiger partial charge in [-0.3, -0.25) is 0 Å². The Morgan fingerprint density at radius 3 is 0.830 bits per heavy atom. The van der Waals surface area contributed by atoms with Crippen LogP contribution < -0.4 is 9.47 Å². The van der Waals surface area contributed by atoms with Crippen LogP contribution >= 0.6 is 0 Å². The zero-order valence-electron chi connectivity index (χ0n) is 25.4. The van der Waals surface area contributed by atoms with Crippen molar-refractivity contribution >= 4 is 0 Å². The maximum absolute atomic E-state index is 13.1. The maximum atomic E-state index is 13.1. The zero-order chi connectivity index (χ0) is 32.1. The third-order valence-corrected chi connectivity index (χ3v) is 8.17. The lowest BCUT2D eigenvalue weighted by molar-refractivity contribution is 0.0690. The molecule has 0 saturated carbocycles. The van der Waals surface area contributed by atoms with E-state index in [4.69, 9.17) is 13.9 Å². The van der Waals surface area contributed by atoms with E-state index >= 15 is 0 Å². The van der Waals surface area contributed by atoms with Gasteiger partial charge < -0.3 is 24.1 Å². The minimum Gasteiger partial charge on any atom is -0.450 e. The van der Waals surface area contributed by atoms with Gasteiger partial charge in [0.1, 0.15) is 11.5 Å². The van der Waals surface area contributed by atoms with Gasteiger partial charge in [0.25, 0.3) is 0 Å². The first kappa shape index (κ1) is 29.8. The number of hydrogen-bond donors (Lipinski definition) is 2. The highest BCUT2D eigenvalue weighted by Crippen LogP contribution is 2.55. The van der Waals surface area contributed by atoms with E-state index in [0.717, 1.165) is 0 Å². The SMILES string of the molecule is OC(c1ccccc1)(c1ccccc1)c1oc(C(O)(c2ccccc2)c2ccccc2)c(Oc2ccccc2)c1Oc1ccccc1. The van der Waals surface area contributed by atoms with Crippen molar-refractivity contribution in [3.05, 3.63) is 216 Å². The van der Waals surface area contributed by atoms with E-state index in [1.807, 2.05) is 182 Å². The topological polar surface area (TPSA) is 72.1 Å². The third-order valence-electron chi connectivity index (χ3n) is 8.17. The van der Waals surface area contributed by atoms with Gasteiger partial charge in [-0.2, -0.15) is 0 Å². The molecule has 0 aliphatic heterocycles. The van der Waals surface area contributed by atoms with Crippen LogP contribution in [0, 0.1) is 0 Å². The van der Waals surface area contributed by atoms with Crippen molar-refractivity contribution < 1.29 is 24.1 Å². The molecule has 0 saturated heterocycles. The van der Waals surface area contributed by atoms with Crippen LogP contribution in [0.1, 0.15) is 33.8 Å². The fraction of sp³-hybridized carbons (Fsp3) is 0.0476. The molecular weight excluding hydrogens is 584 g/mol. The molecule has 0 spiro atoms. The van der Waals surface area contributed by atoms with Gasteiger partial charge in [0, 0.05) is 0 Å². The first-order chi connectivity index (χ1) is 23.1. The Bertz CT molecular complexity index is 1800. The Balaban J connectivity index is 1.61. The number of rotatable bonds is 10. The van der Waals surface area contributed by atoms with Crippen LogP contribution in [0.15, 0.2) is 186 Å². The van der Waals surface area contributed by atoms with Gasteiger partial charge >= 0.3 is 0 Å². The van der Waals surface area contributed by atoms with E-state index in [-0.39, 0.29) is 23.0 Å². The number of benzene rings is 6. The van der Waals surface area contributed by atoms with Gasteiger partial charge in [0.15, 0.2) is 22.7 Å². The molecule has 1 heterocycles. The largest absolute Gasteiger partial charge is 0.450 e. The summed E-state index contributed by atoms with van der Waals surface area (Å²) in [6.07, 6.45) is 0. The van der Waals surface area contributed by atoms with E-state index < -0.39 is 11.2 Å². The molecule has 47 heavy (non-hydrogen) atoms. The predicted octanol–water partition coefficient (Wildman–Crippen LogP) is 9.43. The highest BCUT2D eigenvalue weighted by atomic mass is 16.5. The summed E-state index contributed by atoms with van der Waals surface area (Å²) >= 11 is 0. The second-order valence-electron chi connectivity index (χ2n) is 11.1. The van der Waals surface area contributed by atoms with E-state index in [9.17, 15) is 10.2 Å². The highest BCUT2D eigenvalue weighted by molar-refractivity contribution is 5.62.